The van der Waals surface area contributed by atoms with Gasteiger partial charge in [-0.25, -0.2) is 9.78 Å². The van der Waals surface area contributed by atoms with Gasteiger partial charge in [0.15, 0.2) is 0 Å². The first kappa shape index (κ1) is 15.7. The van der Waals surface area contributed by atoms with Crippen molar-refractivity contribution in [2.24, 2.45) is 0 Å². The minimum Gasteiger partial charge on any atom is -0.477 e. The predicted molar refractivity (Wildman–Crippen MR) is 61.8 cm³/mol. The molecule has 0 aliphatic rings. The van der Waals surface area contributed by atoms with Gasteiger partial charge in [-0.2, -0.15) is 13.2 Å². The van der Waals surface area contributed by atoms with Crippen LogP contribution in [0.4, 0.5) is 24.7 Å². The van der Waals surface area contributed by atoms with Crippen LogP contribution in [0, 0.1) is 10.1 Å². The van der Waals surface area contributed by atoms with Crippen molar-refractivity contribution in [1.29, 1.82) is 0 Å². The summed E-state index contributed by atoms with van der Waals surface area (Å²) in [5, 5.41) is 19.5. The molecule has 110 valence electrons. The van der Waals surface area contributed by atoms with Crippen LogP contribution in [0.3, 0.4) is 0 Å². The number of carboxylic acid groups (broad SMARTS) is 1. The van der Waals surface area contributed by atoms with Crippen LogP contribution in [-0.2, 0) is 0 Å². The zero-order chi connectivity index (χ0) is 15.5. The first-order valence-electron chi connectivity index (χ1n) is 5.27. The maximum Gasteiger partial charge on any atom is 0.390 e. The summed E-state index contributed by atoms with van der Waals surface area (Å²) < 4.78 is 36.2. The number of halogens is 3. The Balaban J connectivity index is 3.00. The Labute approximate surface area is 110 Å². The highest BCUT2D eigenvalue weighted by Gasteiger charge is 2.28. The molecule has 0 aliphatic carbocycles. The van der Waals surface area contributed by atoms with E-state index in [1.807, 2.05) is 0 Å². The molecule has 20 heavy (non-hydrogen) atoms. The molecule has 0 amide bonds. The molecule has 0 aromatic carbocycles. The summed E-state index contributed by atoms with van der Waals surface area (Å²) in [6.07, 6.45) is -4.75. The first-order valence-corrected chi connectivity index (χ1v) is 5.27. The fourth-order valence-electron chi connectivity index (χ4n) is 1.37. The average molecular weight is 293 g/mol. The lowest BCUT2D eigenvalue weighted by Gasteiger charge is -2.19. The average Bonchev–Trinajstić information content (AvgIpc) is 2.34. The maximum atomic E-state index is 12.1. The standard InChI is InChI=1S/C10H10F3N3O4/c1-15(3-2-10(11,12)13)8-4-6(9(17)18)7(5-14-8)16(19)20/h4-5H,2-3H2,1H3,(H,17,18). The molecule has 0 atom stereocenters. The van der Waals surface area contributed by atoms with Crippen LogP contribution < -0.4 is 4.90 Å². The minimum absolute atomic E-state index is 0.0859. The number of hydrogen-bond donors (Lipinski definition) is 1. The summed E-state index contributed by atoms with van der Waals surface area (Å²) >= 11 is 0. The SMILES string of the molecule is CN(CCC(F)(F)F)c1cc(C(=O)O)c([N+](=O)[O-])cn1. The molecule has 0 spiro atoms. The summed E-state index contributed by atoms with van der Waals surface area (Å²) in [4.78, 5) is 25.2. The summed E-state index contributed by atoms with van der Waals surface area (Å²) in [5.41, 5.74) is -1.34. The van der Waals surface area contributed by atoms with E-state index in [1.54, 1.807) is 0 Å². The number of carboxylic acids is 1. The van der Waals surface area contributed by atoms with E-state index in [1.165, 1.54) is 7.05 Å². The number of carbonyl (C=O) groups is 1. The summed E-state index contributed by atoms with van der Waals surface area (Å²) in [5.74, 6) is -1.64. The van der Waals surface area contributed by atoms with Crippen LogP contribution >= 0.6 is 0 Å². The molecule has 0 aliphatic heterocycles. The molecule has 0 saturated heterocycles. The minimum atomic E-state index is -4.36. The topological polar surface area (TPSA) is 96.6 Å². The molecule has 0 radical (unpaired) electrons. The van der Waals surface area contributed by atoms with Gasteiger partial charge in [0.1, 0.15) is 17.6 Å². The van der Waals surface area contributed by atoms with Gasteiger partial charge < -0.3 is 10.0 Å². The zero-order valence-electron chi connectivity index (χ0n) is 10.2. The van der Waals surface area contributed by atoms with Crippen LogP contribution in [0.15, 0.2) is 12.3 Å². The molecule has 7 nitrogen and oxygen atoms in total. The van der Waals surface area contributed by atoms with Crippen molar-refractivity contribution in [3.05, 3.63) is 27.9 Å². The van der Waals surface area contributed by atoms with Crippen LogP contribution in [0.25, 0.3) is 0 Å². The Morgan fingerprint density at radius 2 is 2.15 bits per heavy atom. The van der Waals surface area contributed by atoms with E-state index < -0.39 is 41.3 Å². The molecule has 1 rings (SSSR count). The second-order valence-electron chi connectivity index (χ2n) is 3.91. The van der Waals surface area contributed by atoms with E-state index in [4.69, 9.17) is 5.11 Å². The van der Waals surface area contributed by atoms with Crippen LogP contribution in [0.1, 0.15) is 16.8 Å². The molecule has 1 N–H and O–H groups in total. The maximum absolute atomic E-state index is 12.1. The van der Waals surface area contributed by atoms with Crippen molar-refractivity contribution in [3.63, 3.8) is 0 Å². The largest absolute Gasteiger partial charge is 0.477 e. The molecule has 0 saturated carbocycles. The Hall–Kier alpha value is -2.39. The van der Waals surface area contributed by atoms with Gasteiger partial charge in [0, 0.05) is 19.7 Å². The Bertz CT molecular complexity index is 533. The zero-order valence-corrected chi connectivity index (χ0v) is 10.2. The Morgan fingerprint density at radius 3 is 2.60 bits per heavy atom. The number of anilines is 1. The number of nitro groups is 1. The highest BCUT2D eigenvalue weighted by Crippen LogP contribution is 2.24. The van der Waals surface area contributed by atoms with Crippen molar-refractivity contribution in [1.82, 2.24) is 4.98 Å². The van der Waals surface area contributed by atoms with Gasteiger partial charge in [0.05, 0.1) is 11.3 Å². The molecular weight excluding hydrogens is 283 g/mol. The van der Waals surface area contributed by atoms with E-state index in [2.05, 4.69) is 4.98 Å². The summed E-state index contributed by atoms with van der Waals surface area (Å²) in [7, 11) is 1.28. The van der Waals surface area contributed by atoms with Crippen molar-refractivity contribution >= 4 is 17.5 Å². The van der Waals surface area contributed by atoms with Gasteiger partial charge >= 0.3 is 17.8 Å². The van der Waals surface area contributed by atoms with Gasteiger partial charge in [0.25, 0.3) is 0 Å². The number of aromatic nitrogens is 1. The van der Waals surface area contributed by atoms with Gasteiger partial charge in [-0.1, -0.05) is 0 Å². The third kappa shape index (κ3) is 4.07. The lowest BCUT2D eigenvalue weighted by Crippen LogP contribution is -2.25. The summed E-state index contributed by atoms with van der Waals surface area (Å²) in [6, 6.07) is 0.872. The van der Waals surface area contributed by atoms with E-state index >= 15 is 0 Å². The number of rotatable bonds is 5. The molecule has 10 heteroatoms. The molecule has 1 heterocycles. The first-order chi connectivity index (χ1) is 9.11. The lowest BCUT2D eigenvalue weighted by atomic mass is 10.2. The molecule has 1 aromatic heterocycles. The number of pyridine rings is 1. The van der Waals surface area contributed by atoms with Gasteiger partial charge in [-0.15, -0.1) is 0 Å². The van der Waals surface area contributed by atoms with Crippen molar-refractivity contribution in [2.75, 3.05) is 18.5 Å². The Kier molecular flexibility index (Phi) is 4.48. The fraction of sp³-hybridized carbons (Fsp3) is 0.400. The van der Waals surface area contributed by atoms with Gasteiger partial charge in [-0.05, 0) is 0 Å². The molecule has 0 unspecified atom stereocenters. The van der Waals surface area contributed by atoms with Gasteiger partial charge in [-0.3, -0.25) is 10.1 Å². The monoisotopic (exact) mass is 293 g/mol. The van der Waals surface area contributed by atoms with Gasteiger partial charge in [0.2, 0.25) is 0 Å². The van der Waals surface area contributed by atoms with Crippen molar-refractivity contribution in [3.8, 4) is 0 Å². The van der Waals surface area contributed by atoms with E-state index in [-0.39, 0.29) is 5.82 Å². The quantitative estimate of drug-likeness (QED) is 0.659. The third-order valence-corrected chi connectivity index (χ3v) is 2.42. The third-order valence-electron chi connectivity index (χ3n) is 2.42. The number of aromatic carboxylic acids is 1. The molecule has 0 bridgehead atoms. The van der Waals surface area contributed by atoms with Crippen molar-refractivity contribution in [2.45, 2.75) is 12.6 Å². The Morgan fingerprint density at radius 1 is 1.55 bits per heavy atom. The number of alkyl halides is 3. The highest BCUT2D eigenvalue weighted by atomic mass is 19.4. The van der Waals surface area contributed by atoms with E-state index in [0.717, 1.165) is 11.0 Å². The number of nitrogens with zero attached hydrogens (tertiary/aromatic N) is 3. The smallest absolute Gasteiger partial charge is 0.390 e. The fourth-order valence-corrected chi connectivity index (χ4v) is 1.37. The van der Waals surface area contributed by atoms with E-state index in [9.17, 15) is 28.1 Å². The highest BCUT2D eigenvalue weighted by molar-refractivity contribution is 5.93. The van der Waals surface area contributed by atoms with Crippen LogP contribution in [0.5, 0.6) is 0 Å². The predicted octanol–water partition coefficient (Wildman–Crippen LogP) is 2.08. The summed E-state index contributed by atoms with van der Waals surface area (Å²) in [6.45, 7) is -0.437. The number of hydrogen-bond acceptors (Lipinski definition) is 5. The van der Waals surface area contributed by atoms with Crippen molar-refractivity contribution < 1.29 is 28.0 Å². The van der Waals surface area contributed by atoms with E-state index in [0.29, 0.717) is 6.20 Å². The molecule has 0 fully saturated rings. The normalized spacial score (nSPS) is 11.2. The van der Waals surface area contributed by atoms with Crippen LogP contribution in [-0.4, -0.2) is 40.8 Å². The second-order valence-corrected chi connectivity index (χ2v) is 3.91. The lowest BCUT2D eigenvalue weighted by molar-refractivity contribution is -0.385. The molecular formula is C10H10F3N3O4. The second kappa shape index (κ2) is 5.72. The van der Waals surface area contributed by atoms with Crippen LogP contribution in [0.2, 0.25) is 0 Å². The molecule has 1 aromatic rings.